The first-order valence-electron chi connectivity index (χ1n) is 9.66. The molecule has 0 aliphatic carbocycles. The predicted octanol–water partition coefficient (Wildman–Crippen LogP) is 5.04. The van der Waals surface area contributed by atoms with Crippen molar-refractivity contribution in [2.45, 2.75) is 33.2 Å². The van der Waals surface area contributed by atoms with Crippen LogP contribution < -0.4 is 9.64 Å². The molecule has 6 heteroatoms. The Balaban J connectivity index is 1.84. The average Bonchev–Trinajstić information content (AvgIpc) is 3.13. The third kappa shape index (κ3) is 5.30. The van der Waals surface area contributed by atoms with Crippen molar-refractivity contribution in [1.82, 2.24) is 4.98 Å². The molecule has 1 amide bonds. The summed E-state index contributed by atoms with van der Waals surface area (Å²) < 4.78 is 12.0. The molecule has 0 spiro atoms. The van der Waals surface area contributed by atoms with E-state index >= 15 is 0 Å². The summed E-state index contributed by atoms with van der Waals surface area (Å²) in [6.45, 7) is 6.31. The van der Waals surface area contributed by atoms with Crippen LogP contribution in [0.4, 0.5) is 5.13 Å². The van der Waals surface area contributed by atoms with Crippen LogP contribution in [0, 0.1) is 0 Å². The van der Waals surface area contributed by atoms with Crippen LogP contribution in [0.15, 0.2) is 48.5 Å². The molecule has 0 unspecified atom stereocenters. The largest absolute Gasteiger partial charge is 0.494 e. The van der Waals surface area contributed by atoms with Gasteiger partial charge in [0.2, 0.25) is 5.91 Å². The monoisotopic (exact) mass is 398 g/mol. The van der Waals surface area contributed by atoms with E-state index < -0.39 is 0 Å². The Morgan fingerprint density at radius 3 is 2.68 bits per heavy atom. The fraction of sp³-hybridized carbons (Fsp3) is 0.364. The van der Waals surface area contributed by atoms with Crippen molar-refractivity contribution >= 4 is 32.6 Å². The van der Waals surface area contributed by atoms with E-state index in [9.17, 15) is 4.79 Å². The van der Waals surface area contributed by atoms with Gasteiger partial charge in [0.1, 0.15) is 5.75 Å². The number of fused-ring (bicyclic) bond motifs is 1. The van der Waals surface area contributed by atoms with Crippen LogP contribution in [0.25, 0.3) is 10.2 Å². The average molecular weight is 399 g/mol. The summed E-state index contributed by atoms with van der Waals surface area (Å²) in [6, 6.07) is 15.9. The molecule has 0 fully saturated rings. The molecule has 3 aromatic rings. The van der Waals surface area contributed by atoms with Crippen molar-refractivity contribution in [3.63, 3.8) is 0 Å². The highest BCUT2D eigenvalue weighted by Gasteiger charge is 2.20. The summed E-state index contributed by atoms with van der Waals surface area (Å²) >= 11 is 1.52. The number of nitrogens with zero attached hydrogens (tertiary/aromatic N) is 2. The van der Waals surface area contributed by atoms with E-state index in [1.54, 1.807) is 4.90 Å². The zero-order valence-electron chi connectivity index (χ0n) is 16.4. The number of benzene rings is 2. The number of hydrogen-bond donors (Lipinski definition) is 0. The summed E-state index contributed by atoms with van der Waals surface area (Å²) in [5.41, 5.74) is 1.96. The zero-order valence-corrected chi connectivity index (χ0v) is 17.2. The van der Waals surface area contributed by atoms with Crippen molar-refractivity contribution in [3.8, 4) is 5.75 Å². The van der Waals surface area contributed by atoms with Crippen molar-refractivity contribution in [3.05, 3.63) is 54.1 Å². The lowest BCUT2D eigenvalue weighted by molar-refractivity contribution is -0.119. The molecule has 148 valence electrons. The number of amides is 1. The Morgan fingerprint density at radius 2 is 1.93 bits per heavy atom. The molecule has 0 atom stereocenters. The van der Waals surface area contributed by atoms with Gasteiger partial charge in [-0.25, -0.2) is 4.98 Å². The van der Waals surface area contributed by atoms with E-state index in [-0.39, 0.29) is 5.91 Å². The van der Waals surface area contributed by atoms with Gasteiger partial charge in [-0.3, -0.25) is 9.69 Å². The molecular weight excluding hydrogens is 372 g/mol. The summed E-state index contributed by atoms with van der Waals surface area (Å²) in [6.07, 6.45) is 1.14. The van der Waals surface area contributed by atoms with Gasteiger partial charge in [0.25, 0.3) is 0 Å². The molecule has 0 saturated heterocycles. The summed E-state index contributed by atoms with van der Waals surface area (Å²) in [5, 5.41) is 0.717. The summed E-state index contributed by atoms with van der Waals surface area (Å²) in [7, 11) is 0. The second kappa shape index (κ2) is 10.2. The van der Waals surface area contributed by atoms with Crippen LogP contribution in [0.1, 0.15) is 32.3 Å². The fourth-order valence-electron chi connectivity index (χ4n) is 2.90. The van der Waals surface area contributed by atoms with Gasteiger partial charge in [-0.2, -0.15) is 0 Å². The predicted molar refractivity (Wildman–Crippen MR) is 114 cm³/mol. The molecule has 3 rings (SSSR count). The van der Waals surface area contributed by atoms with Gasteiger partial charge in [-0.15, -0.1) is 0 Å². The quantitative estimate of drug-likeness (QED) is 0.449. The van der Waals surface area contributed by atoms with Crippen LogP contribution >= 0.6 is 11.3 Å². The van der Waals surface area contributed by atoms with Crippen LogP contribution in [-0.2, 0) is 16.1 Å². The van der Waals surface area contributed by atoms with Crippen molar-refractivity contribution in [2.75, 3.05) is 24.7 Å². The third-order valence-electron chi connectivity index (χ3n) is 4.26. The molecule has 0 radical (unpaired) electrons. The maximum atomic E-state index is 13.0. The van der Waals surface area contributed by atoms with Gasteiger partial charge in [0.05, 0.1) is 23.4 Å². The van der Waals surface area contributed by atoms with Crippen LogP contribution in [0.3, 0.4) is 0 Å². The first-order chi connectivity index (χ1) is 13.7. The zero-order chi connectivity index (χ0) is 19.8. The van der Waals surface area contributed by atoms with Crippen LogP contribution in [-0.4, -0.2) is 30.7 Å². The molecule has 0 N–H and O–H groups in total. The van der Waals surface area contributed by atoms with E-state index in [0.29, 0.717) is 44.3 Å². The molecule has 0 aliphatic rings. The van der Waals surface area contributed by atoms with E-state index in [2.05, 4.69) is 0 Å². The number of aromatic nitrogens is 1. The van der Waals surface area contributed by atoms with Gasteiger partial charge in [0, 0.05) is 19.6 Å². The molecule has 0 aliphatic heterocycles. The van der Waals surface area contributed by atoms with Crippen LogP contribution in [0.5, 0.6) is 5.75 Å². The third-order valence-corrected chi connectivity index (χ3v) is 5.30. The van der Waals surface area contributed by atoms with E-state index in [0.717, 1.165) is 21.5 Å². The van der Waals surface area contributed by atoms with Crippen molar-refractivity contribution in [2.24, 2.45) is 0 Å². The molecule has 28 heavy (non-hydrogen) atoms. The lowest BCUT2D eigenvalue weighted by Gasteiger charge is -2.20. The number of hydrogen-bond acceptors (Lipinski definition) is 5. The number of ether oxygens (including phenoxy) is 2. The molecule has 1 aromatic heterocycles. The molecule has 1 heterocycles. The Labute approximate surface area is 169 Å². The minimum Gasteiger partial charge on any atom is -0.494 e. The number of thiazole rings is 1. The number of anilines is 1. The van der Waals surface area contributed by atoms with Crippen molar-refractivity contribution < 1.29 is 14.3 Å². The summed E-state index contributed by atoms with van der Waals surface area (Å²) in [4.78, 5) is 19.5. The minimum absolute atomic E-state index is 0.0626. The number of rotatable bonds is 10. The van der Waals surface area contributed by atoms with Gasteiger partial charge in [0.15, 0.2) is 5.13 Å². The topological polar surface area (TPSA) is 51.7 Å². The normalized spacial score (nSPS) is 10.9. The standard InChI is InChI=1S/C22H26N2O3S/c1-3-26-14-8-11-21(25)24(16-17-9-6-5-7-10-17)22-23-19-13-12-18(27-4-2)15-20(19)28-22/h5-7,9-10,12-13,15H,3-4,8,11,14,16H2,1-2H3. The molecule has 5 nitrogen and oxygen atoms in total. The Kier molecular flexibility index (Phi) is 7.39. The molecule has 0 bridgehead atoms. The van der Waals surface area contributed by atoms with Gasteiger partial charge in [-0.1, -0.05) is 41.7 Å². The van der Waals surface area contributed by atoms with Gasteiger partial charge >= 0.3 is 0 Å². The number of carbonyl (C=O) groups is 1. The Morgan fingerprint density at radius 1 is 1.11 bits per heavy atom. The molecule has 0 saturated carbocycles. The highest BCUT2D eigenvalue weighted by molar-refractivity contribution is 7.22. The fourth-order valence-corrected chi connectivity index (χ4v) is 3.91. The molecular formula is C22H26N2O3S. The number of carbonyl (C=O) groups excluding carboxylic acids is 1. The lowest BCUT2D eigenvalue weighted by Crippen LogP contribution is -2.30. The van der Waals surface area contributed by atoms with Crippen LogP contribution in [0.2, 0.25) is 0 Å². The van der Waals surface area contributed by atoms with Crippen molar-refractivity contribution in [1.29, 1.82) is 0 Å². The summed E-state index contributed by atoms with van der Waals surface area (Å²) in [5.74, 6) is 0.885. The minimum atomic E-state index is 0.0626. The highest BCUT2D eigenvalue weighted by atomic mass is 32.1. The van der Waals surface area contributed by atoms with E-state index in [4.69, 9.17) is 14.5 Å². The second-order valence-corrected chi connectivity index (χ2v) is 7.33. The SMILES string of the molecule is CCOCCCC(=O)N(Cc1ccccc1)c1nc2ccc(OCC)cc2s1. The van der Waals surface area contributed by atoms with Gasteiger partial charge in [-0.05, 0) is 44.0 Å². The maximum absolute atomic E-state index is 13.0. The smallest absolute Gasteiger partial charge is 0.229 e. The highest BCUT2D eigenvalue weighted by Crippen LogP contribution is 2.32. The Bertz CT molecular complexity index is 895. The lowest BCUT2D eigenvalue weighted by atomic mass is 10.2. The van der Waals surface area contributed by atoms with E-state index in [1.807, 2.05) is 62.4 Å². The second-order valence-electron chi connectivity index (χ2n) is 6.32. The van der Waals surface area contributed by atoms with E-state index in [1.165, 1.54) is 11.3 Å². The molecule has 2 aromatic carbocycles. The first-order valence-corrected chi connectivity index (χ1v) is 10.5. The Hall–Kier alpha value is -2.44. The first kappa shape index (κ1) is 20.3. The maximum Gasteiger partial charge on any atom is 0.229 e. The van der Waals surface area contributed by atoms with Gasteiger partial charge < -0.3 is 9.47 Å².